The van der Waals surface area contributed by atoms with Crippen LogP contribution in [0.25, 0.3) is 0 Å². The van der Waals surface area contributed by atoms with Gasteiger partial charge in [-0.3, -0.25) is 5.84 Å². The van der Waals surface area contributed by atoms with E-state index < -0.39 is 0 Å². The maximum absolute atomic E-state index is 5.22. The fourth-order valence-electron chi connectivity index (χ4n) is 0.989. The van der Waals surface area contributed by atoms with Crippen LogP contribution in [0.4, 0.5) is 5.69 Å². The highest BCUT2D eigenvalue weighted by Crippen LogP contribution is 2.32. The second-order valence-corrected chi connectivity index (χ2v) is 2.31. The summed E-state index contributed by atoms with van der Waals surface area (Å²) in [4.78, 5) is 0. The maximum Gasteiger partial charge on any atom is 0.171 e. The first kappa shape index (κ1) is 7.00. The first-order chi connectivity index (χ1) is 5.90. The molecule has 4 heteroatoms. The number of benzene rings is 1. The van der Waals surface area contributed by atoms with Gasteiger partial charge in [0.2, 0.25) is 0 Å². The van der Waals surface area contributed by atoms with Crippen LogP contribution in [-0.2, 0) is 0 Å². The van der Waals surface area contributed by atoms with Crippen molar-refractivity contribution < 1.29 is 9.47 Å². The summed E-state index contributed by atoms with van der Waals surface area (Å²) >= 11 is 0. The van der Waals surface area contributed by atoms with Crippen LogP contribution in [0.5, 0.6) is 11.5 Å². The molecule has 1 aliphatic rings. The Balaban J connectivity index is 2.39. The number of nitrogens with one attached hydrogen (secondary N) is 1. The first-order valence-corrected chi connectivity index (χ1v) is 3.49. The van der Waals surface area contributed by atoms with Crippen LogP contribution in [0.2, 0.25) is 0 Å². The molecule has 2 rings (SSSR count). The Morgan fingerprint density at radius 2 is 1.83 bits per heavy atom. The van der Waals surface area contributed by atoms with Gasteiger partial charge in [0.25, 0.3) is 0 Å². The zero-order valence-corrected chi connectivity index (χ0v) is 6.28. The number of hydrogen-bond acceptors (Lipinski definition) is 4. The van der Waals surface area contributed by atoms with Gasteiger partial charge >= 0.3 is 0 Å². The molecule has 3 N–H and O–H groups in total. The van der Waals surface area contributed by atoms with Crippen molar-refractivity contribution in [2.75, 3.05) is 5.43 Å². The first-order valence-electron chi connectivity index (χ1n) is 3.49. The van der Waals surface area contributed by atoms with Crippen LogP contribution in [0.15, 0.2) is 30.7 Å². The summed E-state index contributed by atoms with van der Waals surface area (Å²) in [5, 5.41) is 0. The third kappa shape index (κ3) is 1.08. The van der Waals surface area contributed by atoms with Crippen molar-refractivity contribution in [3.8, 4) is 11.5 Å². The molecule has 0 saturated carbocycles. The van der Waals surface area contributed by atoms with Crippen molar-refractivity contribution in [1.82, 2.24) is 0 Å². The van der Waals surface area contributed by atoms with E-state index in [0.717, 1.165) is 5.69 Å². The molecule has 0 radical (unpaired) electrons. The quantitative estimate of drug-likeness (QED) is 0.484. The Kier molecular flexibility index (Phi) is 1.60. The topological polar surface area (TPSA) is 56.5 Å². The Morgan fingerprint density at radius 1 is 1.08 bits per heavy atom. The van der Waals surface area contributed by atoms with Gasteiger partial charge in [0, 0.05) is 6.07 Å². The average Bonchev–Trinajstić information content (AvgIpc) is 2.17. The number of hydrazine groups is 1. The number of hydrogen-bond donors (Lipinski definition) is 2. The molecule has 1 heterocycles. The molecule has 0 amide bonds. The molecule has 0 saturated heterocycles. The highest BCUT2D eigenvalue weighted by atomic mass is 16.5. The van der Waals surface area contributed by atoms with E-state index >= 15 is 0 Å². The second-order valence-electron chi connectivity index (χ2n) is 2.31. The van der Waals surface area contributed by atoms with Crippen LogP contribution >= 0.6 is 0 Å². The largest absolute Gasteiger partial charge is 0.458 e. The summed E-state index contributed by atoms with van der Waals surface area (Å²) in [6.45, 7) is 0. The predicted octanol–water partition coefficient (Wildman–Crippen LogP) is 1.21. The molecule has 1 aromatic rings. The number of ether oxygens (including phenoxy) is 2. The molecule has 4 nitrogen and oxygen atoms in total. The minimum atomic E-state index is 0.660. The van der Waals surface area contributed by atoms with E-state index in [0.29, 0.717) is 11.5 Å². The number of nitrogen functional groups attached to an aromatic ring is 1. The molecule has 12 heavy (non-hydrogen) atoms. The summed E-state index contributed by atoms with van der Waals surface area (Å²) < 4.78 is 10.3. The van der Waals surface area contributed by atoms with E-state index in [1.54, 1.807) is 18.2 Å². The van der Waals surface area contributed by atoms with Crippen LogP contribution in [-0.4, -0.2) is 0 Å². The normalized spacial score (nSPS) is 12.8. The lowest BCUT2D eigenvalue weighted by Gasteiger charge is -2.12. The molecule has 0 aromatic heterocycles. The summed E-state index contributed by atoms with van der Waals surface area (Å²) in [6, 6.07) is 5.36. The Labute approximate surface area is 69.6 Å². The third-order valence-electron chi connectivity index (χ3n) is 1.56. The van der Waals surface area contributed by atoms with E-state index in [1.165, 1.54) is 12.5 Å². The second kappa shape index (κ2) is 2.75. The van der Waals surface area contributed by atoms with Crippen LogP contribution in [0.3, 0.4) is 0 Å². The fraction of sp³-hybridized carbons (Fsp3) is 0. The molecule has 0 unspecified atom stereocenters. The Hall–Kier alpha value is -1.68. The standard InChI is InChI=1S/C8H8N2O2/c9-10-6-1-2-7-8(5-6)12-4-3-11-7/h1-5,10H,9H2. The van der Waals surface area contributed by atoms with Gasteiger partial charge in [0.05, 0.1) is 5.69 Å². The molecule has 0 fully saturated rings. The van der Waals surface area contributed by atoms with Crippen molar-refractivity contribution in [3.05, 3.63) is 30.7 Å². The predicted molar refractivity (Wildman–Crippen MR) is 44.6 cm³/mol. The highest BCUT2D eigenvalue weighted by Gasteiger charge is 2.07. The maximum atomic E-state index is 5.22. The monoisotopic (exact) mass is 164 g/mol. The minimum absolute atomic E-state index is 0.660. The molecule has 0 spiro atoms. The lowest BCUT2D eigenvalue weighted by molar-refractivity contribution is 0.362. The van der Waals surface area contributed by atoms with Gasteiger partial charge < -0.3 is 14.9 Å². The number of fused-ring (bicyclic) bond motifs is 1. The molecular formula is C8H8N2O2. The van der Waals surface area contributed by atoms with Gasteiger partial charge in [-0.05, 0) is 12.1 Å². The molecule has 1 aliphatic heterocycles. The molecular weight excluding hydrogens is 156 g/mol. The Morgan fingerprint density at radius 3 is 2.58 bits per heavy atom. The lowest BCUT2D eigenvalue weighted by Crippen LogP contribution is -2.07. The number of anilines is 1. The van der Waals surface area contributed by atoms with Gasteiger partial charge in [0.15, 0.2) is 11.5 Å². The molecule has 0 bridgehead atoms. The van der Waals surface area contributed by atoms with Gasteiger partial charge in [-0.15, -0.1) is 0 Å². The van der Waals surface area contributed by atoms with Crippen LogP contribution in [0, 0.1) is 0 Å². The minimum Gasteiger partial charge on any atom is -0.458 e. The highest BCUT2D eigenvalue weighted by molar-refractivity contribution is 5.55. The number of rotatable bonds is 1. The van der Waals surface area contributed by atoms with Crippen molar-refractivity contribution >= 4 is 5.69 Å². The fourth-order valence-corrected chi connectivity index (χ4v) is 0.989. The van der Waals surface area contributed by atoms with E-state index in [4.69, 9.17) is 15.3 Å². The molecule has 1 aromatic carbocycles. The average molecular weight is 164 g/mol. The van der Waals surface area contributed by atoms with E-state index in [1.807, 2.05) is 0 Å². The van der Waals surface area contributed by atoms with Crippen molar-refractivity contribution in [1.29, 1.82) is 0 Å². The van der Waals surface area contributed by atoms with Crippen molar-refractivity contribution in [3.63, 3.8) is 0 Å². The molecule has 62 valence electrons. The number of nitrogens with two attached hydrogens (primary N) is 1. The van der Waals surface area contributed by atoms with E-state index in [2.05, 4.69) is 5.43 Å². The van der Waals surface area contributed by atoms with Crippen molar-refractivity contribution in [2.24, 2.45) is 5.84 Å². The van der Waals surface area contributed by atoms with E-state index in [9.17, 15) is 0 Å². The van der Waals surface area contributed by atoms with Gasteiger partial charge in [-0.1, -0.05) is 0 Å². The van der Waals surface area contributed by atoms with Crippen LogP contribution < -0.4 is 20.7 Å². The smallest absolute Gasteiger partial charge is 0.171 e. The lowest BCUT2D eigenvalue weighted by atomic mass is 10.3. The summed E-state index contributed by atoms with van der Waals surface area (Å²) in [5.74, 6) is 6.57. The SMILES string of the molecule is NNc1ccc2c(c1)OC=CO2. The zero-order chi connectivity index (χ0) is 8.39. The third-order valence-corrected chi connectivity index (χ3v) is 1.56. The van der Waals surface area contributed by atoms with Crippen molar-refractivity contribution in [2.45, 2.75) is 0 Å². The Bertz CT molecular complexity index is 323. The summed E-state index contributed by atoms with van der Waals surface area (Å²) in [5.41, 5.74) is 3.30. The van der Waals surface area contributed by atoms with Gasteiger partial charge in [0.1, 0.15) is 12.5 Å². The van der Waals surface area contributed by atoms with E-state index in [-0.39, 0.29) is 0 Å². The zero-order valence-electron chi connectivity index (χ0n) is 6.28. The molecule has 0 aliphatic carbocycles. The van der Waals surface area contributed by atoms with Crippen LogP contribution in [0.1, 0.15) is 0 Å². The van der Waals surface area contributed by atoms with Gasteiger partial charge in [-0.2, -0.15) is 0 Å². The molecule has 0 atom stereocenters. The summed E-state index contributed by atoms with van der Waals surface area (Å²) in [6.07, 6.45) is 2.96. The summed E-state index contributed by atoms with van der Waals surface area (Å²) in [7, 11) is 0. The van der Waals surface area contributed by atoms with Gasteiger partial charge in [-0.25, -0.2) is 0 Å².